The van der Waals surface area contributed by atoms with Crippen molar-refractivity contribution in [3.8, 4) is 11.5 Å². The van der Waals surface area contributed by atoms with Crippen molar-refractivity contribution in [2.24, 2.45) is 10.7 Å². The molecule has 144 valence electrons. The van der Waals surface area contributed by atoms with Crippen molar-refractivity contribution in [1.29, 1.82) is 0 Å². The zero-order chi connectivity index (χ0) is 17.9. The molecule has 0 amide bonds. The summed E-state index contributed by atoms with van der Waals surface area (Å²) < 4.78 is 10.9. The fourth-order valence-electron chi connectivity index (χ4n) is 2.45. The Kier molecular flexibility index (Phi) is 11.1. The molecule has 1 aromatic carbocycles. The molecule has 0 saturated heterocycles. The van der Waals surface area contributed by atoms with E-state index in [0.717, 1.165) is 37.3 Å². The number of hydrogen-bond acceptors (Lipinski definition) is 4. The first-order valence-corrected chi connectivity index (χ1v) is 9.46. The van der Waals surface area contributed by atoms with Crippen LogP contribution >= 0.6 is 35.3 Å². The predicted molar refractivity (Wildman–Crippen MR) is 120 cm³/mol. The zero-order valence-corrected chi connectivity index (χ0v) is 18.5. The largest absolute Gasteiger partial charge is 0.493 e. The highest BCUT2D eigenvalue weighted by atomic mass is 127. The Balaban J connectivity index is 0.00000338. The van der Waals surface area contributed by atoms with E-state index in [4.69, 9.17) is 15.2 Å². The van der Waals surface area contributed by atoms with Gasteiger partial charge < -0.3 is 20.5 Å². The summed E-state index contributed by atoms with van der Waals surface area (Å²) >= 11 is 1.76. The molecular formula is C19H28IN3O2S. The monoisotopic (exact) mass is 489 g/mol. The first-order valence-electron chi connectivity index (χ1n) is 8.58. The van der Waals surface area contributed by atoms with Gasteiger partial charge in [-0.05, 0) is 55.3 Å². The van der Waals surface area contributed by atoms with E-state index >= 15 is 0 Å². The molecule has 0 atom stereocenters. The summed E-state index contributed by atoms with van der Waals surface area (Å²) in [6.45, 7) is 4.10. The third-order valence-corrected chi connectivity index (χ3v) is 4.63. The Labute approximate surface area is 177 Å². The van der Waals surface area contributed by atoms with E-state index in [1.54, 1.807) is 18.4 Å². The number of aliphatic imine (C=N–C) groups is 1. The van der Waals surface area contributed by atoms with Gasteiger partial charge >= 0.3 is 0 Å². The number of aryl methyl sites for hydroxylation is 1. The van der Waals surface area contributed by atoms with Gasteiger partial charge in [-0.3, -0.25) is 4.99 Å². The molecule has 5 nitrogen and oxygen atoms in total. The van der Waals surface area contributed by atoms with E-state index in [1.807, 2.05) is 19.1 Å². The highest BCUT2D eigenvalue weighted by Crippen LogP contribution is 2.28. The number of hydrogen-bond donors (Lipinski definition) is 2. The number of halogens is 1. The highest BCUT2D eigenvalue weighted by Gasteiger charge is 2.05. The lowest BCUT2D eigenvalue weighted by atomic mass is 10.1. The smallest absolute Gasteiger partial charge is 0.188 e. The number of benzene rings is 1. The number of rotatable bonds is 10. The Bertz CT molecular complexity index is 663. The number of ether oxygens (including phenoxy) is 2. The van der Waals surface area contributed by atoms with Crippen molar-refractivity contribution in [2.45, 2.75) is 26.2 Å². The van der Waals surface area contributed by atoms with E-state index < -0.39 is 0 Å². The van der Waals surface area contributed by atoms with Gasteiger partial charge in [-0.2, -0.15) is 0 Å². The molecule has 0 fully saturated rings. The van der Waals surface area contributed by atoms with Crippen LogP contribution in [-0.4, -0.2) is 32.8 Å². The average molecular weight is 489 g/mol. The molecule has 26 heavy (non-hydrogen) atoms. The molecule has 0 bridgehead atoms. The SMILES string of the molecule is CCOc1cc(CCCN=C(N)NCCc2cccs2)ccc1OC.I. The van der Waals surface area contributed by atoms with Gasteiger partial charge in [0.15, 0.2) is 17.5 Å². The highest BCUT2D eigenvalue weighted by molar-refractivity contribution is 14.0. The molecule has 0 radical (unpaired) electrons. The Hall–Kier alpha value is -1.48. The van der Waals surface area contributed by atoms with E-state index in [2.05, 4.69) is 33.9 Å². The van der Waals surface area contributed by atoms with Crippen LogP contribution in [0.3, 0.4) is 0 Å². The van der Waals surface area contributed by atoms with Crippen LogP contribution in [0.25, 0.3) is 0 Å². The molecule has 2 aromatic rings. The summed E-state index contributed by atoms with van der Waals surface area (Å²) in [4.78, 5) is 5.73. The van der Waals surface area contributed by atoms with Crippen LogP contribution in [-0.2, 0) is 12.8 Å². The van der Waals surface area contributed by atoms with E-state index in [1.165, 1.54) is 10.4 Å². The lowest BCUT2D eigenvalue weighted by molar-refractivity contribution is 0.310. The maximum atomic E-state index is 5.90. The van der Waals surface area contributed by atoms with Crippen LogP contribution in [0.2, 0.25) is 0 Å². The predicted octanol–water partition coefficient (Wildman–Crippen LogP) is 3.85. The van der Waals surface area contributed by atoms with Gasteiger partial charge in [0, 0.05) is 18.0 Å². The third-order valence-electron chi connectivity index (χ3n) is 3.69. The number of nitrogens with zero attached hydrogens (tertiary/aromatic N) is 1. The summed E-state index contributed by atoms with van der Waals surface area (Å²) in [5.41, 5.74) is 7.11. The lowest BCUT2D eigenvalue weighted by Crippen LogP contribution is -2.33. The molecule has 1 heterocycles. The van der Waals surface area contributed by atoms with Gasteiger partial charge in [-0.1, -0.05) is 12.1 Å². The molecule has 2 rings (SSSR count). The number of thiophene rings is 1. The van der Waals surface area contributed by atoms with Crippen molar-refractivity contribution < 1.29 is 9.47 Å². The summed E-state index contributed by atoms with van der Waals surface area (Å²) in [5.74, 6) is 2.07. The molecule has 0 spiro atoms. The summed E-state index contributed by atoms with van der Waals surface area (Å²) in [6.07, 6.45) is 2.83. The minimum atomic E-state index is 0. The Morgan fingerprint density at radius 3 is 2.77 bits per heavy atom. The molecule has 0 aliphatic carbocycles. The zero-order valence-electron chi connectivity index (χ0n) is 15.4. The topological polar surface area (TPSA) is 68.9 Å². The maximum Gasteiger partial charge on any atom is 0.188 e. The van der Waals surface area contributed by atoms with Crippen molar-refractivity contribution >= 4 is 41.3 Å². The molecule has 0 aliphatic heterocycles. The van der Waals surface area contributed by atoms with E-state index in [-0.39, 0.29) is 24.0 Å². The van der Waals surface area contributed by atoms with Crippen molar-refractivity contribution in [2.75, 3.05) is 26.8 Å². The first-order chi connectivity index (χ1) is 12.2. The summed E-state index contributed by atoms with van der Waals surface area (Å²) in [5, 5.41) is 5.24. The second-order valence-corrected chi connectivity index (χ2v) is 6.58. The lowest BCUT2D eigenvalue weighted by Gasteiger charge is -2.11. The number of methoxy groups -OCH3 is 1. The van der Waals surface area contributed by atoms with Gasteiger partial charge in [0.05, 0.1) is 13.7 Å². The van der Waals surface area contributed by atoms with Gasteiger partial charge in [0.1, 0.15) is 0 Å². The number of nitrogens with one attached hydrogen (secondary N) is 1. The standard InChI is InChI=1S/C19H27N3O2S.HI/c1-3-24-18-14-15(8-9-17(18)23-2)6-4-11-21-19(20)22-12-10-16-7-5-13-25-16;/h5,7-9,13-14H,3-4,6,10-12H2,1-2H3,(H3,20,21,22);1H. The molecule has 0 aliphatic rings. The quantitative estimate of drug-likeness (QED) is 0.230. The number of nitrogens with two attached hydrogens (primary N) is 1. The molecule has 1 aromatic heterocycles. The van der Waals surface area contributed by atoms with Crippen LogP contribution in [0.4, 0.5) is 0 Å². The van der Waals surface area contributed by atoms with Gasteiger partial charge in [0.25, 0.3) is 0 Å². The van der Waals surface area contributed by atoms with Crippen LogP contribution in [0.15, 0.2) is 40.7 Å². The van der Waals surface area contributed by atoms with Crippen LogP contribution in [0.5, 0.6) is 11.5 Å². The van der Waals surface area contributed by atoms with Gasteiger partial charge in [-0.25, -0.2) is 0 Å². The molecule has 7 heteroatoms. The van der Waals surface area contributed by atoms with Crippen LogP contribution in [0.1, 0.15) is 23.8 Å². The molecular weight excluding hydrogens is 461 g/mol. The maximum absolute atomic E-state index is 5.90. The Morgan fingerprint density at radius 2 is 2.08 bits per heavy atom. The Morgan fingerprint density at radius 1 is 1.23 bits per heavy atom. The third kappa shape index (κ3) is 7.82. The minimum Gasteiger partial charge on any atom is -0.493 e. The summed E-state index contributed by atoms with van der Waals surface area (Å²) in [6, 6.07) is 10.2. The van der Waals surface area contributed by atoms with Crippen molar-refractivity contribution in [3.05, 3.63) is 46.2 Å². The van der Waals surface area contributed by atoms with E-state index in [0.29, 0.717) is 19.1 Å². The fraction of sp³-hybridized carbons (Fsp3) is 0.421. The first kappa shape index (κ1) is 22.6. The van der Waals surface area contributed by atoms with Gasteiger partial charge in [-0.15, -0.1) is 35.3 Å². The van der Waals surface area contributed by atoms with Crippen molar-refractivity contribution in [3.63, 3.8) is 0 Å². The second-order valence-electron chi connectivity index (χ2n) is 5.54. The molecule has 0 unspecified atom stereocenters. The van der Waals surface area contributed by atoms with Crippen molar-refractivity contribution in [1.82, 2.24) is 5.32 Å². The van der Waals surface area contributed by atoms with E-state index in [9.17, 15) is 0 Å². The van der Waals surface area contributed by atoms with Gasteiger partial charge in [0.2, 0.25) is 0 Å². The average Bonchev–Trinajstić information content (AvgIpc) is 3.13. The molecule has 0 saturated carbocycles. The van der Waals surface area contributed by atoms with Crippen LogP contribution in [0, 0.1) is 0 Å². The molecule has 3 N–H and O–H groups in total. The van der Waals surface area contributed by atoms with Crippen LogP contribution < -0.4 is 20.5 Å². The fourth-order valence-corrected chi connectivity index (χ4v) is 3.16. The summed E-state index contributed by atoms with van der Waals surface area (Å²) in [7, 11) is 1.65. The normalized spacial score (nSPS) is 10.9. The number of guanidine groups is 1. The second kappa shape index (κ2) is 12.8. The minimum absolute atomic E-state index is 0.